The van der Waals surface area contributed by atoms with Crippen molar-refractivity contribution in [2.24, 2.45) is 0 Å². The van der Waals surface area contributed by atoms with Crippen LogP contribution < -0.4 is 5.32 Å². The van der Waals surface area contributed by atoms with E-state index in [-0.39, 0.29) is 11.5 Å². The summed E-state index contributed by atoms with van der Waals surface area (Å²) in [5.74, 6) is -0.276. The lowest BCUT2D eigenvalue weighted by Gasteiger charge is -2.07. The summed E-state index contributed by atoms with van der Waals surface area (Å²) in [6.07, 6.45) is 0. The van der Waals surface area contributed by atoms with Crippen molar-refractivity contribution in [2.45, 2.75) is 13.8 Å². The van der Waals surface area contributed by atoms with E-state index in [1.807, 2.05) is 11.4 Å². The number of thiazole rings is 1. The van der Waals surface area contributed by atoms with E-state index in [9.17, 15) is 10.2 Å². The Kier molecular flexibility index (Phi) is 3.73. The van der Waals surface area contributed by atoms with E-state index < -0.39 is 0 Å². The van der Waals surface area contributed by atoms with Gasteiger partial charge >= 0.3 is 0 Å². The molecule has 0 aliphatic rings. The standard InChI is InChI=1S/C17H16N2O2S/c1-10-3-5-13(11(2)7-10)18-17-19-14(9-22-17)12-4-6-15(20)16(21)8-12/h3-9,20-21H,1-2H3,(H,18,19). The lowest BCUT2D eigenvalue weighted by Crippen LogP contribution is -1.93. The highest BCUT2D eigenvalue weighted by Crippen LogP contribution is 2.33. The smallest absolute Gasteiger partial charge is 0.187 e. The van der Waals surface area contributed by atoms with Gasteiger partial charge in [-0.3, -0.25) is 0 Å². The van der Waals surface area contributed by atoms with Gasteiger partial charge in [-0.1, -0.05) is 17.7 Å². The van der Waals surface area contributed by atoms with Gasteiger partial charge in [0.15, 0.2) is 16.6 Å². The van der Waals surface area contributed by atoms with Crippen LogP contribution in [0.5, 0.6) is 11.5 Å². The first kappa shape index (κ1) is 14.4. The van der Waals surface area contributed by atoms with E-state index in [2.05, 4.69) is 36.3 Å². The molecule has 0 unspecified atom stereocenters. The van der Waals surface area contributed by atoms with Gasteiger partial charge in [0.25, 0.3) is 0 Å². The van der Waals surface area contributed by atoms with Crippen LogP contribution in [0.1, 0.15) is 11.1 Å². The van der Waals surface area contributed by atoms with Crippen LogP contribution in [0.2, 0.25) is 0 Å². The molecule has 0 saturated carbocycles. The summed E-state index contributed by atoms with van der Waals surface area (Å²) in [6.45, 7) is 4.12. The first-order chi connectivity index (χ1) is 10.5. The molecule has 112 valence electrons. The summed E-state index contributed by atoms with van der Waals surface area (Å²) in [7, 11) is 0. The van der Waals surface area contributed by atoms with Gasteiger partial charge in [-0.15, -0.1) is 11.3 Å². The number of aromatic nitrogens is 1. The molecule has 0 spiro atoms. The Bertz CT molecular complexity index is 827. The van der Waals surface area contributed by atoms with Crippen LogP contribution in [0.4, 0.5) is 10.8 Å². The van der Waals surface area contributed by atoms with E-state index in [1.54, 1.807) is 6.07 Å². The van der Waals surface area contributed by atoms with Crippen molar-refractivity contribution in [3.05, 3.63) is 52.9 Å². The molecule has 5 heteroatoms. The molecule has 3 rings (SSSR count). The van der Waals surface area contributed by atoms with Gasteiger partial charge in [-0.25, -0.2) is 4.98 Å². The summed E-state index contributed by atoms with van der Waals surface area (Å²) in [5, 5.41) is 25.0. The number of benzene rings is 2. The lowest BCUT2D eigenvalue weighted by molar-refractivity contribution is 0.404. The molecule has 1 aromatic heterocycles. The highest BCUT2D eigenvalue weighted by molar-refractivity contribution is 7.14. The molecule has 0 radical (unpaired) electrons. The third kappa shape index (κ3) is 2.89. The van der Waals surface area contributed by atoms with Crippen molar-refractivity contribution in [2.75, 3.05) is 5.32 Å². The van der Waals surface area contributed by atoms with Crippen molar-refractivity contribution < 1.29 is 10.2 Å². The summed E-state index contributed by atoms with van der Waals surface area (Å²) in [6, 6.07) is 10.9. The van der Waals surface area contributed by atoms with Crippen molar-refractivity contribution in [3.8, 4) is 22.8 Å². The van der Waals surface area contributed by atoms with Crippen LogP contribution in [-0.4, -0.2) is 15.2 Å². The maximum Gasteiger partial charge on any atom is 0.187 e. The quantitative estimate of drug-likeness (QED) is 0.619. The number of phenols is 2. The van der Waals surface area contributed by atoms with E-state index in [0.717, 1.165) is 22.1 Å². The van der Waals surface area contributed by atoms with E-state index in [0.29, 0.717) is 0 Å². The third-order valence-electron chi connectivity index (χ3n) is 3.40. The normalized spacial score (nSPS) is 10.6. The number of hydrogen-bond donors (Lipinski definition) is 3. The molecule has 0 amide bonds. The number of nitrogens with one attached hydrogen (secondary N) is 1. The molecule has 0 aliphatic heterocycles. The molecule has 0 atom stereocenters. The molecule has 0 saturated heterocycles. The number of phenolic OH excluding ortho intramolecular Hbond substituents is 2. The molecular weight excluding hydrogens is 296 g/mol. The first-order valence-electron chi connectivity index (χ1n) is 6.85. The third-order valence-corrected chi connectivity index (χ3v) is 4.16. The first-order valence-corrected chi connectivity index (χ1v) is 7.73. The molecule has 3 aromatic rings. The van der Waals surface area contributed by atoms with Gasteiger partial charge in [0, 0.05) is 16.6 Å². The number of rotatable bonds is 3. The van der Waals surface area contributed by atoms with Gasteiger partial charge < -0.3 is 15.5 Å². The zero-order valence-corrected chi connectivity index (χ0v) is 13.1. The average Bonchev–Trinajstić information content (AvgIpc) is 2.93. The Hall–Kier alpha value is -2.53. The highest BCUT2D eigenvalue weighted by atomic mass is 32.1. The fraction of sp³-hybridized carbons (Fsp3) is 0.118. The van der Waals surface area contributed by atoms with E-state index >= 15 is 0 Å². The molecule has 3 N–H and O–H groups in total. The summed E-state index contributed by atoms with van der Waals surface area (Å²) in [5.41, 5.74) is 4.94. The molecular formula is C17H16N2O2S. The van der Waals surface area contributed by atoms with Crippen LogP contribution in [-0.2, 0) is 0 Å². The summed E-state index contributed by atoms with van der Waals surface area (Å²) < 4.78 is 0. The Balaban J connectivity index is 1.85. The largest absolute Gasteiger partial charge is 0.504 e. The van der Waals surface area contributed by atoms with Crippen molar-refractivity contribution in [3.63, 3.8) is 0 Å². The Morgan fingerprint density at radius 3 is 2.55 bits per heavy atom. The maximum atomic E-state index is 9.58. The molecule has 0 aliphatic carbocycles. The minimum absolute atomic E-state index is 0.132. The zero-order chi connectivity index (χ0) is 15.7. The predicted molar refractivity (Wildman–Crippen MR) is 90.1 cm³/mol. The molecule has 22 heavy (non-hydrogen) atoms. The van der Waals surface area contributed by atoms with Crippen LogP contribution in [0.15, 0.2) is 41.8 Å². The molecule has 2 aromatic carbocycles. The monoisotopic (exact) mass is 312 g/mol. The fourth-order valence-corrected chi connectivity index (χ4v) is 2.95. The predicted octanol–water partition coefficient (Wildman–Crippen LogP) is 4.58. The van der Waals surface area contributed by atoms with Gasteiger partial charge in [-0.05, 0) is 43.7 Å². The number of aryl methyl sites for hydroxylation is 2. The Morgan fingerprint density at radius 2 is 1.82 bits per heavy atom. The number of aromatic hydroxyl groups is 2. The van der Waals surface area contributed by atoms with Crippen molar-refractivity contribution >= 4 is 22.2 Å². The minimum atomic E-state index is -0.144. The second kappa shape index (κ2) is 5.69. The Labute approximate surface area is 132 Å². The molecule has 0 bridgehead atoms. The zero-order valence-electron chi connectivity index (χ0n) is 12.3. The van der Waals surface area contributed by atoms with Gasteiger partial charge in [-0.2, -0.15) is 0 Å². The van der Waals surface area contributed by atoms with Gasteiger partial charge in [0.1, 0.15) is 0 Å². The topological polar surface area (TPSA) is 65.4 Å². The van der Waals surface area contributed by atoms with Gasteiger partial charge in [0.2, 0.25) is 0 Å². The maximum absolute atomic E-state index is 9.58. The van der Waals surface area contributed by atoms with Crippen LogP contribution in [0.3, 0.4) is 0 Å². The average molecular weight is 312 g/mol. The molecule has 1 heterocycles. The molecule has 4 nitrogen and oxygen atoms in total. The highest BCUT2D eigenvalue weighted by Gasteiger charge is 2.08. The number of nitrogens with zero attached hydrogens (tertiary/aromatic N) is 1. The van der Waals surface area contributed by atoms with Crippen LogP contribution in [0, 0.1) is 13.8 Å². The molecule has 0 fully saturated rings. The van der Waals surface area contributed by atoms with Gasteiger partial charge in [0.05, 0.1) is 5.69 Å². The summed E-state index contributed by atoms with van der Waals surface area (Å²) in [4.78, 5) is 4.52. The SMILES string of the molecule is Cc1ccc(Nc2nc(-c3ccc(O)c(O)c3)cs2)c(C)c1. The summed E-state index contributed by atoms with van der Waals surface area (Å²) >= 11 is 1.50. The van der Waals surface area contributed by atoms with Crippen LogP contribution in [0.25, 0.3) is 11.3 Å². The minimum Gasteiger partial charge on any atom is -0.504 e. The second-order valence-corrected chi connectivity index (χ2v) is 6.04. The number of anilines is 2. The van der Waals surface area contributed by atoms with Crippen molar-refractivity contribution in [1.29, 1.82) is 0 Å². The Morgan fingerprint density at radius 1 is 1.00 bits per heavy atom. The lowest BCUT2D eigenvalue weighted by atomic mass is 10.1. The van der Waals surface area contributed by atoms with Crippen LogP contribution >= 0.6 is 11.3 Å². The van der Waals surface area contributed by atoms with E-state index in [4.69, 9.17) is 0 Å². The second-order valence-electron chi connectivity index (χ2n) is 5.18. The number of hydrogen-bond acceptors (Lipinski definition) is 5. The fourth-order valence-electron chi connectivity index (χ4n) is 2.22. The van der Waals surface area contributed by atoms with Crippen molar-refractivity contribution in [1.82, 2.24) is 4.98 Å². The van der Waals surface area contributed by atoms with E-state index in [1.165, 1.54) is 34.6 Å².